The Balaban J connectivity index is 1.81. The highest BCUT2D eigenvalue weighted by Crippen LogP contribution is 2.23. The SMILES string of the molecule is COCCOCCC(=O)Nc1cccc(Oc2ccncc2)c1. The highest BCUT2D eigenvalue weighted by Gasteiger charge is 2.04. The van der Waals surface area contributed by atoms with Crippen LogP contribution in [0.3, 0.4) is 0 Å². The summed E-state index contributed by atoms with van der Waals surface area (Å²) in [6.45, 7) is 1.37. The number of hydrogen-bond donors (Lipinski definition) is 1. The van der Waals surface area contributed by atoms with Gasteiger partial charge in [-0.05, 0) is 24.3 Å². The van der Waals surface area contributed by atoms with Crippen LogP contribution in [0.15, 0.2) is 48.8 Å². The second kappa shape index (κ2) is 9.55. The number of hydrogen-bond acceptors (Lipinski definition) is 5. The van der Waals surface area contributed by atoms with Crippen LogP contribution < -0.4 is 10.1 Å². The third-order valence-corrected chi connectivity index (χ3v) is 2.91. The molecule has 1 aromatic carbocycles. The Kier molecular flexibility index (Phi) is 7.03. The lowest BCUT2D eigenvalue weighted by Gasteiger charge is -2.09. The summed E-state index contributed by atoms with van der Waals surface area (Å²) in [6, 6.07) is 10.8. The van der Waals surface area contributed by atoms with Crippen molar-refractivity contribution < 1.29 is 19.0 Å². The van der Waals surface area contributed by atoms with Gasteiger partial charge in [0.15, 0.2) is 0 Å². The summed E-state index contributed by atoms with van der Waals surface area (Å²) < 4.78 is 15.8. The number of anilines is 1. The van der Waals surface area contributed by atoms with Crippen LogP contribution in [0.25, 0.3) is 0 Å². The molecule has 1 amide bonds. The van der Waals surface area contributed by atoms with Gasteiger partial charge in [-0.1, -0.05) is 6.07 Å². The van der Waals surface area contributed by atoms with E-state index in [4.69, 9.17) is 14.2 Å². The van der Waals surface area contributed by atoms with Crippen molar-refractivity contribution in [3.63, 3.8) is 0 Å². The highest BCUT2D eigenvalue weighted by atomic mass is 16.5. The van der Waals surface area contributed by atoms with Gasteiger partial charge in [0, 0.05) is 31.3 Å². The van der Waals surface area contributed by atoms with Crippen LogP contribution in [-0.2, 0) is 14.3 Å². The van der Waals surface area contributed by atoms with Gasteiger partial charge in [0.1, 0.15) is 11.5 Å². The Morgan fingerprint density at radius 2 is 1.91 bits per heavy atom. The van der Waals surface area contributed by atoms with Crippen LogP contribution in [0.1, 0.15) is 6.42 Å². The number of ether oxygens (including phenoxy) is 3. The zero-order valence-corrected chi connectivity index (χ0v) is 13.0. The molecule has 0 aliphatic carbocycles. The molecule has 0 saturated carbocycles. The van der Waals surface area contributed by atoms with Crippen LogP contribution >= 0.6 is 0 Å². The van der Waals surface area contributed by atoms with E-state index >= 15 is 0 Å². The minimum absolute atomic E-state index is 0.108. The zero-order chi connectivity index (χ0) is 16.3. The molecule has 1 aromatic heterocycles. The number of pyridine rings is 1. The molecule has 2 rings (SSSR count). The molecular formula is C17H20N2O4. The first-order chi connectivity index (χ1) is 11.3. The first kappa shape index (κ1) is 16.9. The van der Waals surface area contributed by atoms with Crippen LogP contribution in [0.2, 0.25) is 0 Å². The Hall–Kier alpha value is -2.44. The van der Waals surface area contributed by atoms with Crippen molar-refractivity contribution >= 4 is 11.6 Å². The lowest BCUT2D eigenvalue weighted by atomic mass is 10.3. The number of rotatable bonds is 9. The summed E-state index contributed by atoms with van der Waals surface area (Å²) >= 11 is 0. The molecule has 122 valence electrons. The summed E-state index contributed by atoms with van der Waals surface area (Å²) in [5, 5.41) is 2.82. The lowest BCUT2D eigenvalue weighted by molar-refractivity contribution is -0.117. The molecule has 0 aliphatic rings. The number of amides is 1. The molecule has 0 radical (unpaired) electrons. The van der Waals surface area contributed by atoms with Crippen LogP contribution in [0, 0.1) is 0 Å². The van der Waals surface area contributed by atoms with Gasteiger partial charge in [0.25, 0.3) is 0 Å². The van der Waals surface area contributed by atoms with Gasteiger partial charge in [-0.2, -0.15) is 0 Å². The fourth-order valence-electron chi connectivity index (χ4n) is 1.81. The molecule has 0 bridgehead atoms. The maximum Gasteiger partial charge on any atom is 0.226 e. The molecule has 1 heterocycles. The standard InChI is InChI=1S/C17H20N2O4/c1-21-11-12-22-10-7-17(20)19-14-3-2-4-16(13-14)23-15-5-8-18-9-6-15/h2-6,8-9,13H,7,10-12H2,1H3,(H,19,20). The molecule has 6 nitrogen and oxygen atoms in total. The summed E-state index contributed by atoms with van der Waals surface area (Å²) in [5.74, 6) is 1.23. The van der Waals surface area contributed by atoms with Gasteiger partial charge in [-0.3, -0.25) is 9.78 Å². The monoisotopic (exact) mass is 316 g/mol. The number of benzene rings is 1. The van der Waals surface area contributed by atoms with E-state index < -0.39 is 0 Å². The van der Waals surface area contributed by atoms with Crippen molar-refractivity contribution in [3.8, 4) is 11.5 Å². The molecular weight excluding hydrogens is 296 g/mol. The van der Waals surface area contributed by atoms with Crippen LogP contribution in [0.4, 0.5) is 5.69 Å². The van der Waals surface area contributed by atoms with E-state index in [0.29, 0.717) is 43.4 Å². The average molecular weight is 316 g/mol. The molecule has 0 atom stereocenters. The van der Waals surface area contributed by atoms with E-state index in [2.05, 4.69) is 10.3 Å². The Morgan fingerprint density at radius 1 is 1.09 bits per heavy atom. The third-order valence-electron chi connectivity index (χ3n) is 2.91. The van der Waals surface area contributed by atoms with Crippen molar-refractivity contribution in [1.29, 1.82) is 0 Å². The summed E-state index contributed by atoms with van der Waals surface area (Å²) in [7, 11) is 1.61. The number of methoxy groups -OCH3 is 1. The number of carbonyl (C=O) groups excluding carboxylic acids is 1. The number of nitrogens with one attached hydrogen (secondary N) is 1. The minimum atomic E-state index is -0.108. The molecule has 6 heteroatoms. The predicted octanol–water partition coefficient (Wildman–Crippen LogP) is 2.87. The normalized spacial score (nSPS) is 10.3. The smallest absolute Gasteiger partial charge is 0.226 e. The number of aromatic nitrogens is 1. The molecule has 0 saturated heterocycles. The third kappa shape index (κ3) is 6.46. The lowest BCUT2D eigenvalue weighted by Crippen LogP contribution is -2.15. The number of nitrogens with zero attached hydrogens (tertiary/aromatic N) is 1. The Labute approximate surface area is 135 Å². The molecule has 0 unspecified atom stereocenters. The molecule has 0 aliphatic heterocycles. The van der Waals surface area contributed by atoms with E-state index in [9.17, 15) is 4.79 Å². The second-order valence-corrected chi connectivity index (χ2v) is 4.72. The van der Waals surface area contributed by atoms with Crippen molar-refractivity contribution in [2.75, 3.05) is 32.2 Å². The predicted molar refractivity (Wildman–Crippen MR) is 86.7 cm³/mol. The van der Waals surface area contributed by atoms with Gasteiger partial charge < -0.3 is 19.5 Å². The van der Waals surface area contributed by atoms with Gasteiger partial charge in [0.05, 0.1) is 26.2 Å². The van der Waals surface area contributed by atoms with Crippen molar-refractivity contribution in [2.24, 2.45) is 0 Å². The maximum absolute atomic E-state index is 11.8. The van der Waals surface area contributed by atoms with Gasteiger partial charge in [0.2, 0.25) is 5.91 Å². The fourth-order valence-corrected chi connectivity index (χ4v) is 1.81. The van der Waals surface area contributed by atoms with E-state index in [1.54, 1.807) is 37.7 Å². The van der Waals surface area contributed by atoms with Gasteiger partial charge in [-0.25, -0.2) is 0 Å². The van der Waals surface area contributed by atoms with E-state index in [0.717, 1.165) is 0 Å². The summed E-state index contributed by atoms with van der Waals surface area (Å²) in [6.07, 6.45) is 3.61. The minimum Gasteiger partial charge on any atom is -0.457 e. The van der Waals surface area contributed by atoms with Crippen molar-refractivity contribution in [3.05, 3.63) is 48.8 Å². The molecule has 1 N–H and O–H groups in total. The molecule has 23 heavy (non-hydrogen) atoms. The summed E-state index contributed by atoms with van der Waals surface area (Å²) in [4.78, 5) is 15.8. The summed E-state index contributed by atoms with van der Waals surface area (Å²) in [5.41, 5.74) is 0.679. The zero-order valence-electron chi connectivity index (χ0n) is 13.0. The Bertz CT molecular complexity index is 605. The quantitative estimate of drug-likeness (QED) is 0.720. The van der Waals surface area contributed by atoms with Crippen molar-refractivity contribution in [1.82, 2.24) is 4.98 Å². The fraction of sp³-hybridized carbons (Fsp3) is 0.294. The van der Waals surface area contributed by atoms with E-state index in [-0.39, 0.29) is 5.91 Å². The molecule has 0 fully saturated rings. The highest BCUT2D eigenvalue weighted by molar-refractivity contribution is 5.90. The van der Waals surface area contributed by atoms with E-state index in [1.165, 1.54) is 0 Å². The topological polar surface area (TPSA) is 69.7 Å². The molecule has 2 aromatic rings. The van der Waals surface area contributed by atoms with Crippen LogP contribution in [-0.4, -0.2) is 37.8 Å². The van der Waals surface area contributed by atoms with Crippen molar-refractivity contribution in [2.45, 2.75) is 6.42 Å². The number of carbonyl (C=O) groups is 1. The molecule has 0 spiro atoms. The first-order valence-electron chi connectivity index (χ1n) is 7.32. The largest absolute Gasteiger partial charge is 0.457 e. The second-order valence-electron chi connectivity index (χ2n) is 4.72. The van der Waals surface area contributed by atoms with Gasteiger partial charge in [-0.15, -0.1) is 0 Å². The Morgan fingerprint density at radius 3 is 2.70 bits per heavy atom. The van der Waals surface area contributed by atoms with Gasteiger partial charge >= 0.3 is 0 Å². The first-order valence-corrected chi connectivity index (χ1v) is 7.32. The van der Waals surface area contributed by atoms with E-state index in [1.807, 2.05) is 18.2 Å². The average Bonchev–Trinajstić information content (AvgIpc) is 2.56. The maximum atomic E-state index is 11.8. The van der Waals surface area contributed by atoms with Crippen LogP contribution in [0.5, 0.6) is 11.5 Å².